The van der Waals surface area contributed by atoms with Gasteiger partial charge in [0, 0.05) is 17.7 Å². The SMILES string of the molecule is CC(C)OC(=O)NC1CCC(C2=NC(Br)CS2)CC1. The normalized spacial score (nSPS) is 31.2. The lowest BCUT2D eigenvalue weighted by molar-refractivity contribution is 0.109. The van der Waals surface area contributed by atoms with Crippen molar-refractivity contribution < 1.29 is 9.53 Å². The number of carbonyl (C=O) groups excluding carboxylic acids is 1. The summed E-state index contributed by atoms with van der Waals surface area (Å²) in [7, 11) is 0. The lowest BCUT2D eigenvalue weighted by atomic mass is 9.86. The van der Waals surface area contributed by atoms with Crippen LogP contribution < -0.4 is 5.32 Å². The van der Waals surface area contributed by atoms with Crippen LogP contribution in [0.2, 0.25) is 0 Å². The fraction of sp³-hybridized carbons (Fsp3) is 0.846. The van der Waals surface area contributed by atoms with Crippen molar-refractivity contribution in [3.63, 3.8) is 0 Å². The molecule has 1 fully saturated rings. The highest BCUT2D eigenvalue weighted by Crippen LogP contribution is 2.34. The summed E-state index contributed by atoms with van der Waals surface area (Å²) < 4.78 is 5.11. The zero-order valence-electron chi connectivity index (χ0n) is 11.4. The highest BCUT2D eigenvalue weighted by Gasteiger charge is 2.29. The molecule has 0 radical (unpaired) electrons. The van der Waals surface area contributed by atoms with Crippen molar-refractivity contribution in [3.8, 4) is 0 Å². The van der Waals surface area contributed by atoms with Crippen molar-refractivity contribution >= 4 is 38.8 Å². The maximum atomic E-state index is 11.5. The van der Waals surface area contributed by atoms with Crippen LogP contribution in [0.1, 0.15) is 39.5 Å². The second-order valence-electron chi connectivity index (χ2n) is 5.36. The first-order valence-electron chi connectivity index (χ1n) is 6.86. The fourth-order valence-electron chi connectivity index (χ4n) is 2.49. The molecule has 2 aliphatic rings. The maximum absolute atomic E-state index is 11.5. The van der Waals surface area contributed by atoms with Gasteiger partial charge in [0.1, 0.15) is 4.95 Å². The van der Waals surface area contributed by atoms with Crippen LogP contribution in [0, 0.1) is 5.92 Å². The minimum atomic E-state index is -0.286. The first kappa shape index (κ1) is 15.2. The predicted octanol–water partition coefficient (Wildman–Crippen LogP) is 3.55. The van der Waals surface area contributed by atoms with Crippen molar-refractivity contribution in [2.45, 2.75) is 56.6 Å². The molecule has 0 spiro atoms. The monoisotopic (exact) mass is 348 g/mol. The summed E-state index contributed by atoms with van der Waals surface area (Å²) in [6.45, 7) is 3.73. The Hall–Kier alpha value is -0.230. The highest BCUT2D eigenvalue weighted by molar-refractivity contribution is 9.09. The van der Waals surface area contributed by atoms with E-state index in [1.807, 2.05) is 25.6 Å². The van der Waals surface area contributed by atoms with Crippen molar-refractivity contribution in [2.24, 2.45) is 10.9 Å². The van der Waals surface area contributed by atoms with E-state index in [9.17, 15) is 4.79 Å². The van der Waals surface area contributed by atoms with Gasteiger partial charge in [-0.1, -0.05) is 15.9 Å². The fourth-order valence-corrected chi connectivity index (χ4v) is 4.30. The topological polar surface area (TPSA) is 50.7 Å². The van der Waals surface area contributed by atoms with E-state index in [1.54, 1.807) is 0 Å². The van der Waals surface area contributed by atoms with Crippen LogP contribution in [0.15, 0.2) is 4.99 Å². The molecule has 4 nitrogen and oxygen atoms in total. The van der Waals surface area contributed by atoms with Gasteiger partial charge in [0.05, 0.1) is 11.1 Å². The van der Waals surface area contributed by atoms with Crippen LogP contribution in [0.4, 0.5) is 4.79 Å². The molecular weight excluding hydrogens is 328 g/mol. The van der Waals surface area contributed by atoms with Gasteiger partial charge in [-0.15, -0.1) is 11.8 Å². The molecule has 6 heteroatoms. The van der Waals surface area contributed by atoms with Crippen molar-refractivity contribution in [1.29, 1.82) is 0 Å². The van der Waals surface area contributed by atoms with E-state index in [0.29, 0.717) is 10.9 Å². The molecule has 0 aromatic carbocycles. The van der Waals surface area contributed by atoms with Crippen LogP contribution >= 0.6 is 27.7 Å². The summed E-state index contributed by atoms with van der Waals surface area (Å²) in [5.41, 5.74) is 0. The number of nitrogens with zero attached hydrogens (tertiary/aromatic N) is 1. The molecule has 1 atom stereocenters. The first-order chi connectivity index (χ1) is 9.04. The molecular formula is C13H21BrN2O2S. The molecule has 0 bridgehead atoms. The number of halogens is 1. The Balaban J connectivity index is 1.73. The summed E-state index contributed by atoms with van der Waals surface area (Å²) in [4.78, 5) is 16.5. The van der Waals surface area contributed by atoms with Gasteiger partial charge in [0.2, 0.25) is 0 Å². The third-order valence-corrected chi connectivity index (χ3v) is 5.55. The number of hydrogen-bond donors (Lipinski definition) is 1. The average molecular weight is 349 g/mol. The number of thioether (sulfide) groups is 1. The van der Waals surface area contributed by atoms with Crippen molar-refractivity contribution in [3.05, 3.63) is 0 Å². The van der Waals surface area contributed by atoms with Gasteiger partial charge in [-0.3, -0.25) is 4.99 Å². The number of aliphatic imine (C=N–C) groups is 1. The van der Waals surface area contributed by atoms with Gasteiger partial charge in [-0.2, -0.15) is 0 Å². The molecule has 1 unspecified atom stereocenters. The molecule has 19 heavy (non-hydrogen) atoms. The molecule has 0 aromatic heterocycles. The van der Waals surface area contributed by atoms with E-state index in [1.165, 1.54) is 5.04 Å². The molecule has 1 aliphatic heterocycles. The number of nitrogens with one attached hydrogen (secondary N) is 1. The number of hydrogen-bond acceptors (Lipinski definition) is 4. The first-order valence-corrected chi connectivity index (χ1v) is 8.76. The Bertz CT molecular complexity index is 355. The van der Waals surface area contributed by atoms with Crippen molar-refractivity contribution in [1.82, 2.24) is 5.32 Å². The second kappa shape index (κ2) is 6.97. The number of amides is 1. The van der Waals surface area contributed by atoms with E-state index in [0.717, 1.165) is 31.4 Å². The summed E-state index contributed by atoms with van der Waals surface area (Å²) >= 11 is 5.40. The van der Waals surface area contributed by atoms with Gasteiger partial charge in [0.25, 0.3) is 0 Å². The Morgan fingerprint density at radius 2 is 2.11 bits per heavy atom. The lowest BCUT2D eigenvalue weighted by Crippen LogP contribution is -2.39. The molecule has 0 aromatic rings. The molecule has 0 saturated heterocycles. The average Bonchev–Trinajstić information content (AvgIpc) is 2.75. The van der Waals surface area contributed by atoms with E-state index in [-0.39, 0.29) is 18.2 Å². The molecule has 1 heterocycles. The summed E-state index contributed by atoms with van der Waals surface area (Å²) in [5, 5.41) is 4.25. The predicted molar refractivity (Wildman–Crippen MR) is 83.1 cm³/mol. The second-order valence-corrected chi connectivity index (χ2v) is 7.46. The molecule has 1 saturated carbocycles. The Kier molecular flexibility index (Phi) is 5.57. The smallest absolute Gasteiger partial charge is 0.407 e. The molecule has 108 valence electrons. The Labute approximate surface area is 127 Å². The van der Waals surface area contributed by atoms with Crippen LogP contribution in [0.25, 0.3) is 0 Å². The largest absolute Gasteiger partial charge is 0.447 e. The van der Waals surface area contributed by atoms with Crippen LogP contribution in [0.5, 0.6) is 0 Å². The Morgan fingerprint density at radius 3 is 2.63 bits per heavy atom. The highest BCUT2D eigenvalue weighted by atomic mass is 79.9. The summed E-state index contributed by atoms with van der Waals surface area (Å²) in [6, 6.07) is 0.259. The minimum absolute atomic E-state index is 0.0588. The van der Waals surface area contributed by atoms with E-state index >= 15 is 0 Å². The molecule has 1 N–H and O–H groups in total. The number of ether oxygens (including phenoxy) is 1. The van der Waals surface area contributed by atoms with Crippen LogP contribution in [-0.2, 0) is 4.74 Å². The summed E-state index contributed by atoms with van der Waals surface area (Å²) in [5.74, 6) is 1.64. The van der Waals surface area contributed by atoms with Gasteiger partial charge in [0.15, 0.2) is 0 Å². The van der Waals surface area contributed by atoms with E-state index < -0.39 is 0 Å². The van der Waals surface area contributed by atoms with Gasteiger partial charge in [-0.25, -0.2) is 4.79 Å². The zero-order valence-corrected chi connectivity index (χ0v) is 13.8. The standard InChI is InChI=1S/C13H21BrN2O2S/c1-8(2)18-13(17)15-10-5-3-9(4-6-10)12-16-11(14)7-19-12/h8-11H,3-7H2,1-2H3,(H,15,17). The molecule has 1 amide bonds. The number of alkyl carbamates (subject to hydrolysis) is 1. The maximum Gasteiger partial charge on any atom is 0.407 e. The van der Waals surface area contributed by atoms with E-state index in [2.05, 4.69) is 26.2 Å². The third kappa shape index (κ3) is 4.67. The van der Waals surface area contributed by atoms with Crippen LogP contribution in [0.3, 0.4) is 0 Å². The molecule has 2 rings (SSSR count). The van der Waals surface area contributed by atoms with E-state index in [4.69, 9.17) is 4.74 Å². The minimum Gasteiger partial charge on any atom is -0.447 e. The van der Waals surface area contributed by atoms with Crippen molar-refractivity contribution in [2.75, 3.05) is 5.75 Å². The van der Waals surface area contributed by atoms with Gasteiger partial charge >= 0.3 is 6.09 Å². The van der Waals surface area contributed by atoms with Gasteiger partial charge < -0.3 is 10.1 Å². The zero-order chi connectivity index (χ0) is 13.8. The third-order valence-electron chi connectivity index (χ3n) is 3.38. The quantitative estimate of drug-likeness (QED) is 0.626. The number of carbonyl (C=O) groups is 1. The lowest BCUT2D eigenvalue weighted by Gasteiger charge is -2.28. The van der Waals surface area contributed by atoms with Gasteiger partial charge in [-0.05, 0) is 39.5 Å². The summed E-state index contributed by atoms with van der Waals surface area (Å²) in [6.07, 6.45) is 3.91. The number of rotatable bonds is 3. The Morgan fingerprint density at radius 1 is 1.42 bits per heavy atom. The van der Waals surface area contributed by atoms with Crippen LogP contribution in [-0.4, -0.2) is 34.0 Å². The molecule has 1 aliphatic carbocycles. The number of alkyl halides is 1.